The maximum Gasteiger partial charge on any atom is 0.216 e. The van der Waals surface area contributed by atoms with Crippen molar-refractivity contribution in [3.63, 3.8) is 0 Å². The van der Waals surface area contributed by atoms with Gasteiger partial charge in [-0.3, -0.25) is 0 Å². The van der Waals surface area contributed by atoms with Gasteiger partial charge in [-0.1, -0.05) is 19.9 Å². The van der Waals surface area contributed by atoms with E-state index in [0.717, 1.165) is 33.7 Å². The molecule has 0 saturated heterocycles. The third-order valence-corrected chi connectivity index (χ3v) is 2.92. The predicted octanol–water partition coefficient (Wildman–Crippen LogP) is 3.85. The molecule has 0 saturated carbocycles. The minimum atomic E-state index is 0.318. The normalized spacial score (nSPS) is 11.0. The third kappa shape index (κ3) is 1.47. The van der Waals surface area contributed by atoms with Crippen LogP contribution in [0.4, 0.5) is 5.69 Å². The van der Waals surface area contributed by atoms with Gasteiger partial charge >= 0.3 is 0 Å². The Kier molecular flexibility index (Phi) is 2.43. The van der Waals surface area contributed by atoms with E-state index < -0.39 is 0 Å². The summed E-state index contributed by atoms with van der Waals surface area (Å²) in [6.45, 7) is 15.5. The molecule has 1 N–H and O–H groups in total. The zero-order valence-corrected chi connectivity index (χ0v) is 10.0. The molecule has 3 nitrogen and oxygen atoms in total. The van der Waals surface area contributed by atoms with Gasteiger partial charge in [0.05, 0.1) is 6.57 Å². The lowest BCUT2D eigenvalue weighted by Crippen LogP contribution is -1.88. The van der Waals surface area contributed by atoms with Crippen LogP contribution in [0.5, 0.6) is 0 Å². The highest BCUT2D eigenvalue weighted by Gasteiger charge is 2.15. The van der Waals surface area contributed by atoms with Crippen LogP contribution in [0.25, 0.3) is 15.9 Å². The average Bonchev–Trinajstić information content (AvgIpc) is 2.57. The van der Waals surface area contributed by atoms with Crippen LogP contribution >= 0.6 is 0 Å². The topological polar surface area (TPSA) is 33.0 Å². The van der Waals surface area contributed by atoms with Crippen molar-refractivity contribution in [2.24, 2.45) is 0 Å². The quantitative estimate of drug-likeness (QED) is 0.717. The zero-order valence-electron chi connectivity index (χ0n) is 10.0. The lowest BCUT2D eigenvalue weighted by molar-refractivity contribution is 0.839. The Morgan fingerprint density at radius 3 is 2.62 bits per heavy atom. The van der Waals surface area contributed by atoms with Crippen molar-refractivity contribution in [2.75, 3.05) is 0 Å². The fourth-order valence-electron chi connectivity index (χ4n) is 1.85. The highest BCUT2D eigenvalue weighted by Crippen LogP contribution is 2.34. The summed E-state index contributed by atoms with van der Waals surface area (Å²) in [6.07, 6.45) is 0. The highest BCUT2D eigenvalue weighted by atomic mass is 14.9. The Hall–Kier alpha value is -1.82. The summed E-state index contributed by atoms with van der Waals surface area (Å²) in [4.78, 5) is 11.4. The van der Waals surface area contributed by atoms with Gasteiger partial charge in [0.15, 0.2) is 0 Å². The molecule has 0 spiro atoms. The number of nitrogens with one attached hydrogen (secondary N) is 1. The van der Waals surface area contributed by atoms with Gasteiger partial charge in [0.25, 0.3) is 0 Å². The first kappa shape index (κ1) is 10.7. The highest BCUT2D eigenvalue weighted by molar-refractivity contribution is 5.93. The van der Waals surface area contributed by atoms with Gasteiger partial charge in [-0.2, -0.15) is 0 Å². The van der Waals surface area contributed by atoms with E-state index in [4.69, 9.17) is 6.57 Å². The molecule has 3 heteroatoms. The van der Waals surface area contributed by atoms with E-state index in [0.29, 0.717) is 5.92 Å². The largest absolute Gasteiger partial charge is 0.354 e. The van der Waals surface area contributed by atoms with Crippen LogP contribution in [0, 0.1) is 20.4 Å². The number of aryl methyl sites for hydroxylation is 2. The Morgan fingerprint density at radius 2 is 2.06 bits per heavy atom. The number of hydrogen-bond acceptors (Lipinski definition) is 1. The van der Waals surface area contributed by atoms with Crippen LogP contribution in [-0.2, 0) is 0 Å². The van der Waals surface area contributed by atoms with Crippen LogP contribution < -0.4 is 0 Å². The van der Waals surface area contributed by atoms with Gasteiger partial charge in [0, 0.05) is 16.8 Å². The number of pyridine rings is 1. The molecule has 0 fully saturated rings. The smallest absolute Gasteiger partial charge is 0.216 e. The summed E-state index contributed by atoms with van der Waals surface area (Å²) < 4.78 is 0. The van der Waals surface area contributed by atoms with Crippen molar-refractivity contribution in [1.29, 1.82) is 0 Å². The monoisotopic (exact) mass is 213 g/mol. The van der Waals surface area contributed by atoms with Crippen molar-refractivity contribution >= 4 is 16.7 Å². The van der Waals surface area contributed by atoms with Crippen LogP contribution in [0.1, 0.15) is 36.7 Å². The van der Waals surface area contributed by atoms with E-state index >= 15 is 0 Å². The van der Waals surface area contributed by atoms with Crippen molar-refractivity contribution in [2.45, 2.75) is 33.6 Å². The molecule has 0 bridgehead atoms. The molecular weight excluding hydrogens is 198 g/mol. The van der Waals surface area contributed by atoms with E-state index in [1.807, 2.05) is 19.9 Å². The zero-order chi connectivity index (χ0) is 11.9. The summed E-state index contributed by atoms with van der Waals surface area (Å²) in [5, 5.41) is 0.946. The van der Waals surface area contributed by atoms with E-state index in [-0.39, 0.29) is 0 Å². The van der Waals surface area contributed by atoms with Gasteiger partial charge in [-0.05, 0) is 25.3 Å². The molecule has 0 aromatic carbocycles. The van der Waals surface area contributed by atoms with Crippen molar-refractivity contribution in [3.05, 3.63) is 34.4 Å². The molecule has 2 aromatic rings. The average molecular weight is 213 g/mol. The number of H-pyrrole nitrogens is 1. The maximum absolute atomic E-state index is 7.28. The molecule has 0 aliphatic carbocycles. The molecule has 82 valence electrons. The minimum Gasteiger partial charge on any atom is -0.354 e. The molecule has 0 aliphatic rings. The molecule has 2 aromatic heterocycles. The standard InChI is InChI=1S/C13H15N3/c1-7(2)11-12(14-5)10-6-8(3)9(4)15-13(10)16-11/h6-7H,1-4H3,(H,15,16). The van der Waals surface area contributed by atoms with E-state index in [9.17, 15) is 0 Å². The van der Waals surface area contributed by atoms with Gasteiger partial charge in [0.2, 0.25) is 5.69 Å². The Morgan fingerprint density at radius 1 is 1.38 bits per heavy atom. The minimum absolute atomic E-state index is 0.318. The molecule has 16 heavy (non-hydrogen) atoms. The summed E-state index contributed by atoms with van der Waals surface area (Å²) in [5.41, 5.74) is 4.69. The Balaban J connectivity index is 2.84. The van der Waals surface area contributed by atoms with Crippen molar-refractivity contribution < 1.29 is 0 Å². The number of rotatable bonds is 1. The maximum atomic E-state index is 7.28. The second-order valence-electron chi connectivity index (χ2n) is 4.44. The fraction of sp³-hybridized carbons (Fsp3) is 0.385. The molecule has 0 atom stereocenters. The number of aromatic nitrogens is 2. The second-order valence-corrected chi connectivity index (χ2v) is 4.44. The van der Waals surface area contributed by atoms with Crippen LogP contribution in [0.3, 0.4) is 0 Å². The van der Waals surface area contributed by atoms with E-state index in [1.165, 1.54) is 0 Å². The molecule has 2 heterocycles. The molecular formula is C13H15N3. The number of hydrogen-bond donors (Lipinski definition) is 1. The summed E-state index contributed by atoms with van der Waals surface area (Å²) >= 11 is 0. The van der Waals surface area contributed by atoms with Gasteiger partial charge < -0.3 is 4.98 Å². The lowest BCUT2D eigenvalue weighted by atomic mass is 10.1. The third-order valence-electron chi connectivity index (χ3n) is 2.92. The van der Waals surface area contributed by atoms with Crippen molar-refractivity contribution in [3.8, 4) is 0 Å². The first-order valence-corrected chi connectivity index (χ1v) is 5.42. The number of fused-ring (bicyclic) bond motifs is 1. The van der Waals surface area contributed by atoms with Gasteiger partial charge in [-0.25, -0.2) is 9.83 Å². The molecule has 0 radical (unpaired) electrons. The SMILES string of the molecule is [C-]#[N+]c1c(C(C)C)[nH]c2nc(C)c(C)cc12. The van der Waals surface area contributed by atoms with Crippen LogP contribution in [-0.4, -0.2) is 9.97 Å². The van der Waals surface area contributed by atoms with E-state index in [1.54, 1.807) is 0 Å². The predicted molar refractivity (Wildman–Crippen MR) is 65.9 cm³/mol. The number of aromatic amines is 1. The fourth-order valence-corrected chi connectivity index (χ4v) is 1.85. The van der Waals surface area contributed by atoms with Crippen LogP contribution in [0.15, 0.2) is 6.07 Å². The summed E-state index contributed by atoms with van der Waals surface area (Å²) in [7, 11) is 0. The second kappa shape index (κ2) is 3.64. The first-order valence-electron chi connectivity index (χ1n) is 5.42. The molecule has 0 unspecified atom stereocenters. The van der Waals surface area contributed by atoms with Crippen molar-refractivity contribution in [1.82, 2.24) is 9.97 Å². The molecule has 2 rings (SSSR count). The van der Waals surface area contributed by atoms with Gasteiger partial charge in [-0.15, -0.1) is 0 Å². The number of nitrogens with zero attached hydrogens (tertiary/aromatic N) is 2. The van der Waals surface area contributed by atoms with Gasteiger partial charge in [0.1, 0.15) is 5.65 Å². The molecule has 0 amide bonds. The first-order chi connectivity index (χ1) is 7.54. The molecule has 0 aliphatic heterocycles. The Labute approximate surface area is 95.3 Å². The van der Waals surface area contributed by atoms with Crippen LogP contribution in [0.2, 0.25) is 0 Å². The summed E-state index contributed by atoms with van der Waals surface area (Å²) in [6, 6.07) is 2.05. The Bertz CT molecular complexity index is 585. The lowest BCUT2D eigenvalue weighted by Gasteiger charge is -2.00. The van der Waals surface area contributed by atoms with E-state index in [2.05, 4.69) is 28.7 Å². The summed E-state index contributed by atoms with van der Waals surface area (Å²) in [5.74, 6) is 0.318.